The highest BCUT2D eigenvalue weighted by atomic mass is 19.1. The van der Waals surface area contributed by atoms with E-state index in [2.05, 4.69) is 0 Å². The van der Waals surface area contributed by atoms with E-state index < -0.39 is 6.04 Å². The molecule has 0 saturated heterocycles. The summed E-state index contributed by atoms with van der Waals surface area (Å²) in [5, 5.41) is 0. The van der Waals surface area contributed by atoms with Crippen molar-refractivity contribution in [2.45, 2.75) is 19.9 Å². The Morgan fingerprint density at radius 1 is 1.25 bits per heavy atom. The number of ketones is 1. The van der Waals surface area contributed by atoms with Crippen molar-refractivity contribution in [3.63, 3.8) is 0 Å². The third-order valence-electron chi connectivity index (χ3n) is 2.55. The van der Waals surface area contributed by atoms with Gasteiger partial charge in [0.2, 0.25) is 0 Å². The zero-order valence-corrected chi connectivity index (χ0v) is 10.2. The first-order valence-electron chi connectivity index (χ1n) is 5.39. The van der Waals surface area contributed by atoms with Crippen LogP contribution in [-0.4, -0.2) is 24.8 Å². The molecule has 0 N–H and O–H groups in total. The smallest absolute Gasteiger partial charge is 0.157 e. The maximum Gasteiger partial charge on any atom is 0.157 e. The van der Waals surface area contributed by atoms with Crippen LogP contribution in [-0.2, 0) is 4.79 Å². The van der Waals surface area contributed by atoms with Crippen LogP contribution in [0.2, 0.25) is 0 Å². The summed E-state index contributed by atoms with van der Waals surface area (Å²) in [6.07, 6.45) is 0. The van der Waals surface area contributed by atoms with Crippen LogP contribution in [0.15, 0.2) is 24.3 Å². The predicted octanol–water partition coefficient (Wildman–Crippen LogP) is 2.65. The molecule has 0 amide bonds. The van der Waals surface area contributed by atoms with Gasteiger partial charge < -0.3 is 0 Å². The first kappa shape index (κ1) is 12.8. The normalized spacial score (nSPS) is 13.2. The van der Waals surface area contributed by atoms with Crippen molar-refractivity contribution >= 4 is 5.78 Å². The molecule has 0 radical (unpaired) electrons. The third-order valence-corrected chi connectivity index (χ3v) is 2.55. The molecule has 1 rings (SSSR count). The minimum atomic E-state index is -0.499. The van der Waals surface area contributed by atoms with Gasteiger partial charge in [0.25, 0.3) is 0 Å². The van der Waals surface area contributed by atoms with Gasteiger partial charge in [0.1, 0.15) is 5.82 Å². The lowest BCUT2D eigenvalue weighted by Crippen LogP contribution is -2.31. The Balaban J connectivity index is 3.13. The molecule has 88 valence electrons. The molecule has 3 heteroatoms. The molecule has 0 aliphatic carbocycles. The van der Waals surface area contributed by atoms with E-state index in [4.69, 9.17) is 0 Å². The van der Waals surface area contributed by atoms with Crippen molar-refractivity contribution in [2.75, 3.05) is 14.1 Å². The zero-order chi connectivity index (χ0) is 12.3. The van der Waals surface area contributed by atoms with Gasteiger partial charge >= 0.3 is 0 Å². The number of rotatable bonds is 4. The summed E-state index contributed by atoms with van der Waals surface area (Å²) in [4.78, 5) is 13.8. The predicted molar refractivity (Wildman–Crippen MR) is 62.7 cm³/mol. The number of benzene rings is 1. The van der Waals surface area contributed by atoms with Gasteiger partial charge in [0, 0.05) is 11.5 Å². The second kappa shape index (κ2) is 5.21. The van der Waals surface area contributed by atoms with Gasteiger partial charge in [-0.15, -0.1) is 0 Å². The van der Waals surface area contributed by atoms with E-state index in [0.717, 1.165) is 0 Å². The fourth-order valence-corrected chi connectivity index (χ4v) is 1.70. The van der Waals surface area contributed by atoms with Crippen molar-refractivity contribution < 1.29 is 9.18 Å². The van der Waals surface area contributed by atoms with Crippen LogP contribution in [0.4, 0.5) is 4.39 Å². The number of halogens is 1. The Morgan fingerprint density at radius 2 is 1.81 bits per heavy atom. The highest BCUT2D eigenvalue weighted by Gasteiger charge is 2.27. The molecular formula is C13H18FNO. The van der Waals surface area contributed by atoms with Crippen LogP contribution in [0.1, 0.15) is 25.5 Å². The van der Waals surface area contributed by atoms with E-state index >= 15 is 0 Å². The number of nitrogens with zero attached hydrogens (tertiary/aromatic N) is 1. The molecule has 1 aromatic carbocycles. The Bertz CT molecular complexity index is 374. The fraction of sp³-hybridized carbons (Fsp3) is 0.462. The summed E-state index contributed by atoms with van der Waals surface area (Å²) < 4.78 is 13.6. The highest BCUT2D eigenvalue weighted by molar-refractivity contribution is 5.86. The van der Waals surface area contributed by atoms with Gasteiger partial charge in [-0.3, -0.25) is 9.69 Å². The fourth-order valence-electron chi connectivity index (χ4n) is 1.70. The molecule has 0 fully saturated rings. The molecule has 0 aromatic heterocycles. The monoisotopic (exact) mass is 223 g/mol. The number of hydrogen-bond donors (Lipinski definition) is 0. The minimum absolute atomic E-state index is 0.0371. The van der Waals surface area contributed by atoms with Gasteiger partial charge in [-0.2, -0.15) is 0 Å². The lowest BCUT2D eigenvalue weighted by atomic mass is 9.94. The Kier molecular flexibility index (Phi) is 4.19. The van der Waals surface area contributed by atoms with Crippen LogP contribution in [0.5, 0.6) is 0 Å². The van der Waals surface area contributed by atoms with Crippen LogP contribution < -0.4 is 0 Å². The number of carbonyl (C=O) groups is 1. The summed E-state index contributed by atoms with van der Waals surface area (Å²) >= 11 is 0. The van der Waals surface area contributed by atoms with Crippen LogP contribution in [0, 0.1) is 11.7 Å². The number of carbonyl (C=O) groups excluding carboxylic acids is 1. The topological polar surface area (TPSA) is 20.3 Å². The molecule has 16 heavy (non-hydrogen) atoms. The lowest BCUT2D eigenvalue weighted by Gasteiger charge is -2.25. The lowest BCUT2D eigenvalue weighted by molar-refractivity contribution is -0.126. The first-order chi connectivity index (χ1) is 7.45. The largest absolute Gasteiger partial charge is 0.297 e. The number of likely N-dealkylation sites (N-methyl/N-ethyl adjacent to an activating group) is 1. The summed E-state index contributed by atoms with van der Waals surface area (Å²) in [5.74, 6) is -0.391. The van der Waals surface area contributed by atoms with E-state index in [1.165, 1.54) is 6.07 Å². The Morgan fingerprint density at radius 3 is 2.25 bits per heavy atom. The summed E-state index contributed by atoms with van der Waals surface area (Å²) in [5.41, 5.74) is 0.450. The van der Waals surface area contributed by atoms with E-state index in [1.54, 1.807) is 37.2 Å². The molecule has 0 heterocycles. The molecular weight excluding hydrogens is 205 g/mol. The average molecular weight is 223 g/mol. The molecule has 0 aliphatic rings. The van der Waals surface area contributed by atoms with Crippen molar-refractivity contribution in [3.8, 4) is 0 Å². The standard InChI is InChI=1S/C13H18FNO/c1-9(2)13(16)12(15(3)4)10-7-5-6-8-11(10)14/h5-9,12H,1-4H3/t12-/m0/s1. The van der Waals surface area contributed by atoms with Gasteiger partial charge in [-0.25, -0.2) is 4.39 Å². The van der Waals surface area contributed by atoms with E-state index in [0.29, 0.717) is 5.56 Å². The van der Waals surface area contributed by atoms with Crippen LogP contribution in [0.3, 0.4) is 0 Å². The molecule has 0 saturated carbocycles. The number of hydrogen-bond acceptors (Lipinski definition) is 2. The molecule has 0 unspecified atom stereocenters. The van der Waals surface area contributed by atoms with Crippen molar-refractivity contribution in [3.05, 3.63) is 35.6 Å². The van der Waals surface area contributed by atoms with Crippen LogP contribution in [0.25, 0.3) is 0 Å². The highest BCUT2D eigenvalue weighted by Crippen LogP contribution is 2.24. The SMILES string of the molecule is CC(C)C(=O)[C@H](c1ccccc1F)N(C)C. The second-order valence-electron chi connectivity index (χ2n) is 4.44. The van der Waals surface area contributed by atoms with E-state index in [1.807, 2.05) is 13.8 Å². The third kappa shape index (κ3) is 2.67. The second-order valence-corrected chi connectivity index (χ2v) is 4.44. The van der Waals surface area contributed by atoms with Gasteiger partial charge in [-0.1, -0.05) is 32.0 Å². The minimum Gasteiger partial charge on any atom is -0.297 e. The maximum absolute atomic E-state index is 13.6. The van der Waals surface area contributed by atoms with Crippen molar-refractivity contribution in [1.82, 2.24) is 4.90 Å². The Hall–Kier alpha value is -1.22. The number of Topliss-reactive ketones (excluding diaryl/α,β-unsaturated/α-hetero) is 1. The first-order valence-corrected chi connectivity index (χ1v) is 5.39. The quantitative estimate of drug-likeness (QED) is 0.782. The van der Waals surface area contributed by atoms with Crippen molar-refractivity contribution in [1.29, 1.82) is 0 Å². The van der Waals surface area contributed by atoms with Gasteiger partial charge in [0.15, 0.2) is 5.78 Å². The van der Waals surface area contributed by atoms with Crippen LogP contribution >= 0.6 is 0 Å². The summed E-state index contributed by atoms with van der Waals surface area (Å²) in [6.45, 7) is 3.67. The van der Waals surface area contributed by atoms with E-state index in [-0.39, 0.29) is 17.5 Å². The van der Waals surface area contributed by atoms with Gasteiger partial charge in [0.05, 0.1) is 6.04 Å². The van der Waals surface area contributed by atoms with Crippen molar-refractivity contribution in [2.24, 2.45) is 5.92 Å². The molecule has 1 atom stereocenters. The zero-order valence-electron chi connectivity index (χ0n) is 10.2. The average Bonchev–Trinajstić information content (AvgIpc) is 2.20. The molecule has 0 aliphatic heterocycles. The molecule has 0 spiro atoms. The maximum atomic E-state index is 13.6. The van der Waals surface area contributed by atoms with Gasteiger partial charge in [-0.05, 0) is 20.2 Å². The molecule has 1 aromatic rings. The summed E-state index contributed by atoms with van der Waals surface area (Å²) in [7, 11) is 3.58. The Labute approximate surface area is 96.1 Å². The summed E-state index contributed by atoms with van der Waals surface area (Å²) in [6, 6.07) is 5.94. The van der Waals surface area contributed by atoms with E-state index in [9.17, 15) is 9.18 Å². The molecule has 2 nitrogen and oxygen atoms in total. The molecule has 0 bridgehead atoms.